The van der Waals surface area contributed by atoms with Crippen LogP contribution in [0.25, 0.3) is 0 Å². The van der Waals surface area contributed by atoms with Crippen LogP contribution in [0.1, 0.15) is 13.8 Å². The summed E-state index contributed by atoms with van der Waals surface area (Å²) in [7, 11) is 0. The van der Waals surface area contributed by atoms with Crippen LogP contribution < -0.4 is 22.1 Å². The smallest absolute Gasteiger partial charge is 0.00743 e. The van der Waals surface area contributed by atoms with Crippen LogP contribution in [-0.4, -0.2) is 39.3 Å². The maximum absolute atomic E-state index is 5.15. The van der Waals surface area contributed by atoms with Crippen molar-refractivity contribution in [3.05, 3.63) is 0 Å². The Morgan fingerprint density at radius 1 is 0.833 bits per heavy atom. The number of likely N-dealkylation sites (N-methyl/N-ethyl adjacent to an activating group) is 2. The first-order chi connectivity index (χ1) is 5.83. The molecule has 0 aromatic rings. The molecule has 0 aliphatic rings. The summed E-state index contributed by atoms with van der Waals surface area (Å²) >= 11 is 0. The maximum Gasteiger partial charge on any atom is 0.00743 e. The summed E-state index contributed by atoms with van der Waals surface area (Å²) in [6.45, 7) is 9.55. The molecule has 0 radical (unpaired) electrons. The van der Waals surface area contributed by atoms with Crippen LogP contribution in [-0.2, 0) is 0 Å². The number of nitrogens with two attached hydrogens (primary N) is 2. The third-order valence-electron chi connectivity index (χ3n) is 1.14. The van der Waals surface area contributed by atoms with Crippen LogP contribution in [0.2, 0.25) is 0 Å². The molecule has 0 aromatic carbocycles. The average Bonchev–Trinajstić information content (AvgIpc) is 2.12. The lowest BCUT2D eigenvalue weighted by atomic mass is 10.6. The molecule has 0 saturated carbocycles. The van der Waals surface area contributed by atoms with Gasteiger partial charge in [-0.25, -0.2) is 0 Å². The van der Waals surface area contributed by atoms with Gasteiger partial charge in [-0.3, -0.25) is 0 Å². The monoisotopic (exact) mass is 176 g/mol. The Hall–Kier alpha value is -0.160. The van der Waals surface area contributed by atoms with Crippen molar-refractivity contribution in [3.8, 4) is 0 Å². The van der Waals surface area contributed by atoms with Gasteiger partial charge in [0, 0.05) is 26.2 Å². The van der Waals surface area contributed by atoms with Crippen LogP contribution in [0.4, 0.5) is 0 Å². The van der Waals surface area contributed by atoms with E-state index in [1.165, 1.54) is 0 Å². The van der Waals surface area contributed by atoms with Crippen LogP contribution >= 0.6 is 0 Å². The molecule has 0 aromatic heterocycles. The van der Waals surface area contributed by atoms with Gasteiger partial charge in [0.05, 0.1) is 0 Å². The average molecular weight is 176 g/mol. The molecule has 0 rings (SSSR count). The first-order valence-corrected chi connectivity index (χ1v) is 4.64. The predicted molar refractivity (Wildman–Crippen MR) is 55.2 cm³/mol. The highest BCUT2D eigenvalue weighted by atomic mass is 14.9. The van der Waals surface area contributed by atoms with Crippen molar-refractivity contribution in [1.82, 2.24) is 10.6 Å². The molecule has 6 N–H and O–H groups in total. The van der Waals surface area contributed by atoms with Crippen molar-refractivity contribution in [1.29, 1.82) is 0 Å². The van der Waals surface area contributed by atoms with Gasteiger partial charge in [-0.1, -0.05) is 13.8 Å². The van der Waals surface area contributed by atoms with Gasteiger partial charge in [0.1, 0.15) is 0 Å². The Bertz CT molecular complexity index is 43.0. The Kier molecular flexibility index (Phi) is 20.4. The molecule has 0 bridgehead atoms. The van der Waals surface area contributed by atoms with Crippen molar-refractivity contribution >= 4 is 0 Å². The van der Waals surface area contributed by atoms with Gasteiger partial charge in [0.15, 0.2) is 0 Å². The minimum atomic E-state index is 0.744. The summed E-state index contributed by atoms with van der Waals surface area (Å²) in [6, 6.07) is 0. The molecule has 4 heteroatoms. The molecule has 0 amide bonds. The molecule has 0 unspecified atom stereocenters. The zero-order valence-electron chi connectivity index (χ0n) is 8.40. The fourth-order valence-corrected chi connectivity index (χ4v) is 0.558. The Morgan fingerprint density at radius 2 is 1.17 bits per heavy atom. The molecule has 0 aliphatic heterocycles. The van der Waals surface area contributed by atoms with Crippen LogP contribution in [0.5, 0.6) is 0 Å². The summed E-state index contributed by atoms with van der Waals surface area (Å²) in [5.74, 6) is 0. The molecule has 0 heterocycles. The Morgan fingerprint density at radius 3 is 1.25 bits per heavy atom. The summed E-state index contributed by atoms with van der Waals surface area (Å²) < 4.78 is 0. The van der Waals surface area contributed by atoms with Gasteiger partial charge < -0.3 is 22.1 Å². The molecule has 0 spiro atoms. The standard InChI is InChI=1S/2C4H12N2/c2*1-2-6-4-3-5/h2*6H,2-5H2,1H3. The number of hydrogen-bond acceptors (Lipinski definition) is 4. The van der Waals surface area contributed by atoms with E-state index in [2.05, 4.69) is 24.5 Å². The maximum atomic E-state index is 5.15. The van der Waals surface area contributed by atoms with Gasteiger partial charge in [0.2, 0.25) is 0 Å². The van der Waals surface area contributed by atoms with Crippen molar-refractivity contribution in [2.24, 2.45) is 11.5 Å². The molecule has 4 nitrogen and oxygen atoms in total. The van der Waals surface area contributed by atoms with Gasteiger partial charge in [-0.05, 0) is 13.1 Å². The zero-order valence-corrected chi connectivity index (χ0v) is 8.40. The highest BCUT2D eigenvalue weighted by molar-refractivity contribution is 4.39. The lowest BCUT2D eigenvalue weighted by Gasteiger charge is -1.92. The van der Waals surface area contributed by atoms with Gasteiger partial charge in [0.25, 0.3) is 0 Å². The fraction of sp³-hybridized carbons (Fsp3) is 1.00. The van der Waals surface area contributed by atoms with Crippen molar-refractivity contribution < 1.29 is 0 Å². The highest BCUT2D eigenvalue weighted by Crippen LogP contribution is 1.49. The van der Waals surface area contributed by atoms with E-state index in [1.54, 1.807) is 0 Å². The Balaban J connectivity index is 0. The zero-order chi connectivity index (χ0) is 9.66. The molecule has 0 saturated heterocycles. The lowest BCUT2D eigenvalue weighted by Crippen LogP contribution is -2.21. The summed E-state index contributed by atoms with van der Waals surface area (Å²) in [5, 5.41) is 6.15. The van der Waals surface area contributed by atoms with Crippen LogP contribution in [0.3, 0.4) is 0 Å². The third-order valence-corrected chi connectivity index (χ3v) is 1.14. The summed E-state index contributed by atoms with van der Waals surface area (Å²) in [6.07, 6.45) is 0. The van der Waals surface area contributed by atoms with E-state index < -0.39 is 0 Å². The minimum absolute atomic E-state index is 0.744. The van der Waals surface area contributed by atoms with E-state index in [0.717, 1.165) is 39.3 Å². The minimum Gasteiger partial charge on any atom is -0.329 e. The summed E-state index contributed by atoms with van der Waals surface area (Å²) in [5.41, 5.74) is 10.3. The van der Waals surface area contributed by atoms with E-state index >= 15 is 0 Å². The van der Waals surface area contributed by atoms with Crippen LogP contribution in [0.15, 0.2) is 0 Å². The molecule has 12 heavy (non-hydrogen) atoms. The second-order valence-corrected chi connectivity index (χ2v) is 2.28. The molecule has 0 aliphatic carbocycles. The summed E-state index contributed by atoms with van der Waals surface area (Å²) in [4.78, 5) is 0. The topological polar surface area (TPSA) is 76.1 Å². The molecule has 76 valence electrons. The fourth-order valence-electron chi connectivity index (χ4n) is 0.558. The van der Waals surface area contributed by atoms with E-state index in [-0.39, 0.29) is 0 Å². The van der Waals surface area contributed by atoms with Crippen LogP contribution in [0, 0.1) is 0 Å². The molecule has 0 atom stereocenters. The largest absolute Gasteiger partial charge is 0.329 e. The number of rotatable bonds is 6. The first-order valence-electron chi connectivity index (χ1n) is 4.64. The SMILES string of the molecule is CCNCCN.CCNCCN. The Labute approximate surface area is 76.1 Å². The van der Waals surface area contributed by atoms with Gasteiger partial charge in [-0.2, -0.15) is 0 Å². The highest BCUT2D eigenvalue weighted by Gasteiger charge is 1.71. The second-order valence-electron chi connectivity index (χ2n) is 2.28. The first kappa shape index (κ1) is 14.4. The van der Waals surface area contributed by atoms with Gasteiger partial charge in [-0.15, -0.1) is 0 Å². The van der Waals surface area contributed by atoms with Crippen molar-refractivity contribution in [2.45, 2.75) is 13.8 Å². The van der Waals surface area contributed by atoms with Crippen molar-refractivity contribution in [3.63, 3.8) is 0 Å². The molecular weight excluding hydrogens is 152 g/mol. The lowest BCUT2D eigenvalue weighted by molar-refractivity contribution is 0.725. The van der Waals surface area contributed by atoms with Crippen molar-refractivity contribution in [2.75, 3.05) is 39.3 Å². The number of hydrogen-bond donors (Lipinski definition) is 4. The molecule has 0 fully saturated rings. The number of nitrogens with one attached hydrogen (secondary N) is 2. The quantitative estimate of drug-likeness (QED) is 0.396. The third kappa shape index (κ3) is 22.5. The van der Waals surface area contributed by atoms with E-state index in [4.69, 9.17) is 11.5 Å². The molecular formula is C8H24N4. The second kappa shape index (κ2) is 17.1. The van der Waals surface area contributed by atoms with E-state index in [9.17, 15) is 0 Å². The normalized spacial score (nSPS) is 9.00. The predicted octanol–water partition coefficient (Wildman–Crippen LogP) is -0.891. The van der Waals surface area contributed by atoms with E-state index in [0.29, 0.717) is 0 Å². The van der Waals surface area contributed by atoms with E-state index in [1.807, 2.05) is 0 Å². The van der Waals surface area contributed by atoms with Gasteiger partial charge >= 0.3 is 0 Å².